The average Bonchev–Trinajstić information content (AvgIpc) is 3.28. The Hall–Kier alpha value is -1.72. The summed E-state index contributed by atoms with van der Waals surface area (Å²) in [6, 6.07) is 5.93. The Bertz CT molecular complexity index is 732. The molecule has 3 heterocycles. The van der Waals surface area contributed by atoms with Crippen LogP contribution in [0.3, 0.4) is 0 Å². The molecule has 2 aromatic heterocycles. The van der Waals surface area contributed by atoms with Gasteiger partial charge in [0, 0.05) is 65.6 Å². The molecule has 0 saturated carbocycles. The molecule has 1 saturated heterocycles. The van der Waals surface area contributed by atoms with Crippen molar-refractivity contribution in [2.45, 2.75) is 31.9 Å². The first-order chi connectivity index (χ1) is 13.8. The molecule has 0 aromatic carbocycles. The molecule has 160 valence electrons. The maximum atomic E-state index is 5.94. The second-order valence-corrected chi connectivity index (χ2v) is 6.78. The molecule has 0 aliphatic carbocycles. The summed E-state index contributed by atoms with van der Waals surface area (Å²) in [4.78, 5) is 11.1. The third-order valence-electron chi connectivity index (χ3n) is 4.80. The van der Waals surface area contributed by atoms with Crippen molar-refractivity contribution in [1.82, 2.24) is 25.0 Å². The Kier molecular flexibility index (Phi) is 10.4. The molecule has 3 rings (SSSR count). The van der Waals surface area contributed by atoms with Gasteiger partial charge in [-0.05, 0) is 43.0 Å². The number of aliphatic imine (C=N–C) groups is 1. The second kappa shape index (κ2) is 12.8. The molecule has 8 nitrogen and oxygen atoms in total. The Balaban J connectivity index is 0.00000300. The number of methoxy groups -OCH3 is 1. The van der Waals surface area contributed by atoms with Gasteiger partial charge in [-0.15, -0.1) is 24.0 Å². The first-order valence-corrected chi connectivity index (χ1v) is 9.81. The molecular formula is C20H31IN6O2. The van der Waals surface area contributed by atoms with Crippen molar-refractivity contribution in [3.63, 3.8) is 0 Å². The number of nitrogens with one attached hydrogen (secondary N) is 1. The number of pyridine rings is 1. The van der Waals surface area contributed by atoms with Gasteiger partial charge in [-0.1, -0.05) is 0 Å². The van der Waals surface area contributed by atoms with Gasteiger partial charge >= 0.3 is 0 Å². The predicted octanol–water partition coefficient (Wildman–Crippen LogP) is 2.48. The van der Waals surface area contributed by atoms with Crippen molar-refractivity contribution in [1.29, 1.82) is 0 Å². The van der Waals surface area contributed by atoms with E-state index in [0.717, 1.165) is 62.9 Å². The molecule has 0 bridgehead atoms. The van der Waals surface area contributed by atoms with Gasteiger partial charge in [0.2, 0.25) is 0 Å². The van der Waals surface area contributed by atoms with Crippen LogP contribution in [0.15, 0.2) is 41.8 Å². The van der Waals surface area contributed by atoms with Gasteiger partial charge in [0.25, 0.3) is 0 Å². The highest BCUT2D eigenvalue weighted by Gasteiger charge is 2.21. The SMILES string of the molecule is CN=C(NCc1ccnc(-n2cccn2)c1)N1CCC(OCCCOC)CC1.I. The fraction of sp³-hybridized carbons (Fsp3) is 0.550. The Morgan fingerprint density at radius 2 is 2.10 bits per heavy atom. The van der Waals surface area contributed by atoms with E-state index in [1.165, 1.54) is 0 Å². The number of halogens is 1. The summed E-state index contributed by atoms with van der Waals surface area (Å²) in [5, 5.41) is 7.70. The van der Waals surface area contributed by atoms with Crippen molar-refractivity contribution in [3.8, 4) is 5.82 Å². The van der Waals surface area contributed by atoms with Crippen LogP contribution >= 0.6 is 24.0 Å². The molecular weight excluding hydrogens is 483 g/mol. The normalized spacial score (nSPS) is 15.2. The van der Waals surface area contributed by atoms with Crippen molar-refractivity contribution in [3.05, 3.63) is 42.4 Å². The lowest BCUT2D eigenvalue weighted by atomic mass is 10.1. The van der Waals surface area contributed by atoms with E-state index in [4.69, 9.17) is 9.47 Å². The van der Waals surface area contributed by atoms with Crippen molar-refractivity contribution in [2.75, 3.05) is 40.5 Å². The number of likely N-dealkylation sites (tertiary alicyclic amines) is 1. The van der Waals surface area contributed by atoms with Crippen LogP contribution in [0, 0.1) is 0 Å². The maximum Gasteiger partial charge on any atom is 0.193 e. The first kappa shape index (κ1) is 23.6. The van der Waals surface area contributed by atoms with E-state index in [1.54, 1.807) is 18.0 Å². The van der Waals surface area contributed by atoms with Gasteiger partial charge in [0.05, 0.1) is 6.10 Å². The molecule has 0 spiro atoms. The lowest BCUT2D eigenvalue weighted by Crippen LogP contribution is -2.46. The Morgan fingerprint density at radius 1 is 1.28 bits per heavy atom. The molecule has 0 unspecified atom stereocenters. The average molecular weight is 514 g/mol. The Labute approximate surface area is 189 Å². The van der Waals surface area contributed by atoms with Crippen LogP contribution in [-0.4, -0.2) is 72.2 Å². The van der Waals surface area contributed by atoms with Crippen molar-refractivity contribution >= 4 is 29.9 Å². The number of hydrogen-bond acceptors (Lipinski definition) is 5. The molecule has 2 aromatic rings. The van der Waals surface area contributed by atoms with Gasteiger partial charge in [-0.2, -0.15) is 5.10 Å². The molecule has 9 heteroatoms. The van der Waals surface area contributed by atoms with Crippen molar-refractivity contribution < 1.29 is 9.47 Å². The minimum Gasteiger partial charge on any atom is -0.385 e. The molecule has 1 fully saturated rings. The molecule has 29 heavy (non-hydrogen) atoms. The summed E-state index contributed by atoms with van der Waals surface area (Å²) in [6.07, 6.45) is 8.77. The zero-order valence-corrected chi connectivity index (χ0v) is 19.5. The van der Waals surface area contributed by atoms with Crippen LogP contribution in [0.1, 0.15) is 24.8 Å². The molecule has 1 aliphatic heterocycles. The molecule has 0 radical (unpaired) electrons. The zero-order valence-electron chi connectivity index (χ0n) is 17.2. The van der Waals surface area contributed by atoms with Crippen molar-refractivity contribution in [2.24, 2.45) is 4.99 Å². The van der Waals surface area contributed by atoms with Gasteiger partial charge in [-0.25, -0.2) is 9.67 Å². The van der Waals surface area contributed by atoms with Gasteiger partial charge in [-0.3, -0.25) is 4.99 Å². The monoisotopic (exact) mass is 514 g/mol. The highest BCUT2D eigenvalue weighted by Crippen LogP contribution is 2.14. The number of nitrogens with zero attached hydrogens (tertiary/aromatic N) is 5. The van der Waals surface area contributed by atoms with E-state index in [9.17, 15) is 0 Å². The highest BCUT2D eigenvalue weighted by molar-refractivity contribution is 14.0. The summed E-state index contributed by atoms with van der Waals surface area (Å²) in [7, 11) is 3.55. The number of hydrogen-bond donors (Lipinski definition) is 1. The van der Waals surface area contributed by atoms with Crippen LogP contribution in [0.2, 0.25) is 0 Å². The van der Waals surface area contributed by atoms with Crippen LogP contribution in [0.25, 0.3) is 5.82 Å². The standard InChI is InChI=1S/C20H30N6O2.HI/c1-21-20(25-11-6-18(7-12-25)28-14-4-13-27-2)23-16-17-5-9-22-19(15-17)26-10-3-8-24-26;/h3,5,8-10,15,18H,4,6-7,11-14,16H2,1-2H3,(H,21,23);1H. The van der Waals surface area contributed by atoms with Crippen LogP contribution in [0.4, 0.5) is 0 Å². The van der Waals surface area contributed by atoms with Crippen LogP contribution in [-0.2, 0) is 16.0 Å². The topological polar surface area (TPSA) is 76.8 Å². The number of aromatic nitrogens is 3. The largest absolute Gasteiger partial charge is 0.385 e. The smallest absolute Gasteiger partial charge is 0.193 e. The first-order valence-electron chi connectivity index (χ1n) is 9.81. The third-order valence-corrected chi connectivity index (χ3v) is 4.80. The van der Waals surface area contributed by atoms with E-state index in [-0.39, 0.29) is 24.0 Å². The maximum absolute atomic E-state index is 5.94. The fourth-order valence-electron chi connectivity index (χ4n) is 3.30. The highest BCUT2D eigenvalue weighted by atomic mass is 127. The Morgan fingerprint density at radius 3 is 2.79 bits per heavy atom. The molecule has 1 N–H and O–H groups in total. The van der Waals surface area contributed by atoms with Gasteiger partial charge in [0.15, 0.2) is 11.8 Å². The summed E-state index contributed by atoms with van der Waals surface area (Å²) in [5.74, 6) is 1.74. The lowest BCUT2D eigenvalue weighted by molar-refractivity contribution is 0.00989. The van der Waals surface area contributed by atoms with E-state index in [1.807, 2.05) is 37.6 Å². The van der Waals surface area contributed by atoms with E-state index in [0.29, 0.717) is 12.6 Å². The summed E-state index contributed by atoms with van der Waals surface area (Å²) >= 11 is 0. The van der Waals surface area contributed by atoms with E-state index < -0.39 is 0 Å². The summed E-state index contributed by atoms with van der Waals surface area (Å²) in [6.45, 7) is 4.11. The lowest BCUT2D eigenvalue weighted by Gasteiger charge is -2.34. The minimum atomic E-state index is 0. The number of guanidine groups is 1. The minimum absolute atomic E-state index is 0. The second-order valence-electron chi connectivity index (χ2n) is 6.78. The summed E-state index contributed by atoms with van der Waals surface area (Å²) < 4.78 is 12.8. The number of ether oxygens (including phenoxy) is 2. The molecule has 0 atom stereocenters. The zero-order chi connectivity index (χ0) is 19.6. The number of rotatable bonds is 8. The van der Waals surface area contributed by atoms with Crippen LogP contribution < -0.4 is 5.32 Å². The predicted molar refractivity (Wildman–Crippen MR) is 124 cm³/mol. The molecule has 1 aliphatic rings. The summed E-state index contributed by atoms with van der Waals surface area (Å²) in [5.41, 5.74) is 1.14. The fourth-order valence-corrected chi connectivity index (χ4v) is 3.30. The van der Waals surface area contributed by atoms with E-state index >= 15 is 0 Å². The van der Waals surface area contributed by atoms with Gasteiger partial charge < -0.3 is 19.7 Å². The third kappa shape index (κ3) is 7.23. The van der Waals surface area contributed by atoms with E-state index in [2.05, 4.69) is 25.3 Å². The quantitative estimate of drug-likeness (QED) is 0.253. The van der Waals surface area contributed by atoms with Gasteiger partial charge in [0.1, 0.15) is 0 Å². The van der Waals surface area contributed by atoms with Crippen LogP contribution in [0.5, 0.6) is 0 Å². The molecule has 0 amide bonds. The number of piperidine rings is 1.